The quantitative estimate of drug-likeness (QED) is 0.652. The minimum Gasteiger partial charge on any atom is -0.449 e. The molecule has 126 valence electrons. The summed E-state index contributed by atoms with van der Waals surface area (Å²) >= 11 is 1.55. The van der Waals surface area contributed by atoms with Crippen molar-refractivity contribution in [3.8, 4) is 0 Å². The zero-order valence-corrected chi connectivity index (χ0v) is 15.1. The van der Waals surface area contributed by atoms with E-state index in [-0.39, 0.29) is 5.91 Å². The number of anilines is 1. The van der Waals surface area contributed by atoms with Crippen LogP contribution in [-0.4, -0.2) is 18.0 Å². The standard InChI is InChI=1S/C19H21NO3S/c1-12-9-13(2)18(14(3)10-12)20-19(22)15(4)23-17(21)6-5-16-7-8-24-11-16/h5-11,15H,1-4H3,(H,20,22)/b6-5+/t15-/m1/s1. The van der Waals surface area contributed by atoms with Crippen molar-refractivity contribution in [1.29, 1.82) is 0 Å². The van der Waals surface area contributed by atoms with Crippen molar-refractivity contribution in [3.05, 3.63) is 57.3 Å². The monoisotopic (exact) mass is 343 g/mol. The summed E-state index contributed by atoms with van der Waals surface area (Å²) < 4.78 is 5.15. The van der Waals surface area contributed by atoms with Crippen LogP contribution in [0.15, 0.2) is 35.0 Å². The molecule has 2 rings (SSSR count). The number of esters is 1. The van der Waals surface area contributed by atoms with Crippen LogP contribution in [0.1, 0.15) is 29.2 Å². The molecule has 2 aromatic rings. The number of hydrogen-bond acceptors (Lipinski definition) is 4. The lowest BCUT2D eigenvalue weighted by molar-refractivity contribution is -0.148. The minimum atomic E-state index is -0.871. The Hall–Kier alpha value is -2.40. The SMILES string of the molecule is Cc1cc(C)c(NC(=O)[C@@H](C)OC(=O)/C=C/c2ccsc2)c(C)c1. The van der Waals surface area contributed by atoms with E-state index in [2.05, 4.69) is 5.32 Å². The second-order valence-corrected chi connectivity index (χ2v) is 6.51. The molecule has 1 atom stereocenters. The van der Waals surface area contributed by atoms with E-state index in [1.807, 2.05) is 49.7 Å². The highest BCUT2D eigenvalue weighted by atomic mass is 32.1. The zero-order valence-electron chi connectivity index (χ0n) is 14.3. The predicted octanol–water partition coefficient (Wildman–Crippen LogP) is 4.26. The van der Waals surface area contributed by atoms with Gasteiger partial charge in [-0.1, -0.05) is 17.7 Å². The van der Waals surface area contributed by atoms with E-state index in [0.29, 0.717) is 0 Å². The number of rotatable bonds is 5. The van der Waals surface area contributed by atoms with Crippen LogP contribution in [0.5, 0.6) is 0 Å². The zero-order chi connectivity index (χ0) is 17.7. The Kier molecular flexibility index (Phi) is 5.93. The summed E-state index contributed by atoms with van der Waals surface area (Å²) in [4.78, 5) is 24.1. The summed E-state index contributed by atoms with van der Waals surface area (Å²) in [6.45, 7) is 7.45. The number of thiophene rings is 1. The van der Waals surface area contributed by atoms with Crippen molar-refractivity contribution in [2.45, 2.75) is 33.8 Å². The molecule has 0 bridgehead atoms. The van der Waals surface area contributed by atoms with Gasteiger partial charge in [0.05, 0.1) is 0 Å². The van der Waals surface area contributed by atoms with E-state index in [9.17, 15) is 9.59 Å². The smallest absolute Gasteiger partial charge is 0.331 e. The number of carbonyl (C=O) groups is 2. The Bertz CT molecular complexity index is 740. The van der Waals surface area contributed by atoms with Gasteiger partial charge in [-0.2, -0.15) is 11.3 Å². The van der Waals surface area contributed by atoms with Gasteiger partial charge in [-0.15, -0.1) is 0 Å². The third kappa shape index (κ3) is 4.80. The average Bonchev–Trinajstić information content (AvgIpc) is 3.01. The molecular weight excluding hydrogens is 322 g/mol. The molecule has 0 saturated carbocycles. The van der Waals surface area contributed by atoms with Gasteiger partial charge in [-0.3, -0.25) is 4.79 Å². The Morgan fingerprint density at radius 1 is 1.21 bits per heavy atom. The molecule has 1 heterocycles. The largest absolute Gasteiger partial charge is 0.449 e. The molecule has 24 heavy (non-hydrogen) atoms. The van der Waals surface area contributed by atoms with E-state index >= 15 is 0 Å². The highest BCUT2D eigenvalue weighted by molar-refractivity contribution is 7.08. The van der Waals surface area contributed by atoms with Crippen LogP contribution in [0.2, 0.25) is 0 Å². The van der Waals surface area contributed by atoms with E-state index in [4.69, 9.17) is 4.74 Å². The van der Waals surface area contributed by atoms with Crippen LogP contribution in [-0.2, 0) is 14.3 Å². The van der Waals surface area contributed by atoms with Crippen LogP contribution >= 0.6 is 11.3 Å². The van der Waals surface area contributed by atoms with Crippen LogP contribution in [0.3, 0.4) is 0 Å². The van der Waals surface area contributed by atoms with Gasteiger partial charge in [-0.25, -0.2) is 4.79 Å². The summed E-state index contributed by atoms with van der Waals surface area (Å²) in [6, 6.07) is 5.90. The molecule has 5 heteroatoms. The summed E-state index contributed by atoms with van der Waals surface area (Å²) in [5, 5.41) is 6.69. The summed E-state index contributed by atoms with van der Waals surface area (Å²) in [5.74, 6) is -0.886. The molecule has 0 aliphatic rings. The van der Waals surface area contributed by atoms with Gasteiger partial charge in [0.2, 0.25) is 0 Å². The number of hydrogen-bond donors (Lipinski definition) is 1. The highest BCUT2D eigenvalue weighted by Crippen LogP contribution is 2.22. The molecule has 0 aliphatic carbocycles. The normalized spacial score (nSPS) is 12.2. The van der Waals surface area contributed by atoms with Crippen molar-refractivity contribution >= 4 is 35.0 Å². The molecule has 0 aliphatic heterocycles. The first kappa shape index (κ1) is 17.9. The van der Waals surface area contributed by atoms with Gasteiger partial charge in [0.25, 0.3) is 5.91 Å². The summed E-state index contributed by atoms with van der Waals surface area (Å²) in [5.41, 5.74) is 4.80. The second kappa shape index (κ2) is 7.93. The minimum absolute atomic E-state index is 0.345. The lowest BCUT2D eigenvalue weighted by atomic mass is 10.0. The van der Waals surface area contributed by atoms with E-state index in [0.717, 1.165) is 27.9 Å². The molecular formula is C19H21NO3S. The molecule has 1 aromatic heterocycles. The van der Waals surface area contributed by atoms with Gasteiger partial charge < -0.3 is 10.1 Å². The van der Waals surface area contributed by atoms with Crippen molar-refractivity contribution in [2.75, 3.05) is 5.32 Å². The fraction of sp³-hybridized carbons (Fsp3) is 0.263. The molecule has 0 unspecified atom stereocenters. The van der Waals surface area contributed by atoms with Crippen molar-refractivity contribution in [1.82, 2.24) is 0 Å². The van der Waals surface area contributed by atoms with Crippen LogP contribution in [0.4, 0.5) is 5.69 Å². The van der Waals surface area contributed by atoms with Gasteiger partial charge in [0.15, 0.2) is 6.10 Å². The van der Waals surface area contributed by atoms with Gasteiger partial charge in [0, 0.05) is 11.8 Å². The number of aryl methyl sites for hydroxylation is 3. The molecule has 1 aromatic carbocycles. The molecule has 0 spiro atoms. The summed E-state index contributed by atoms with van der Waals surface area (Å²) in [6.07, 6.45) is 2.12. The third-order valence-corrected chi connectivity index (χ3v) is 4.24. The topological polar surface area (TPSA) is 55.4 Å². The number of nitrogens with one attached hydrogen (secondary N) is 1. The van der Waals surface area contributed by atoms with Gasteiger partial charge in [-0.05, 0) is 67.3 Å². The van der Waals surface area contributed by atoms with E-state index < -0.39 is 12.1 Å². The first-order chi connectivity index (χ1) is 11.4. The summed E-state index contributed by atoms with van der Waals surface area (Å²) in [7, 11) is 0. The van der Waals surface area contributed by atoms with Gasteiger partial charge >= 0.3 is 5.97 Å². The van der Waals surface area contributed by atoms with Gasteiger partial charge in [0.1, 0.15) is 0 Å². The Labute approximate surface area is 146 Å². The maximum Gasteiger partial charge on any atom is 0.331 e. The fourth-order valence-corrected chi connectivity index (χ4v) is 3.03. The van der Waals surface area contributed by atoms with Crippen molar-refractivity contribution < 1.29 is 14.3 Å². The Morgan fingerprint density at radius 2 is 1.88 bits per heavy atom. The second-order valence-electron chi connectivity index (χ2n) is 5.73. The number of amides is 1. The molecule has 1 N–H and O–H groups in total. The van der Waals surface area contributed by atoms with Crippen LogP contribution in [0.25, 0.3) is 6.08 Å². The number of benzene rings is 1. The first-order valence-electron chi connectivity index (χ1n) is 7.66. The number of ether oxygens (including phenoxy) is 1. The van der Waals surface area contributed by atoms with E-state index in [1.54, 1.807) is 24.3 Å². The lowest BCUT2D eigenvalue weighted by Crippen LogP contribution is -2.30. The Morgan fingerprint density at radius 3 is 2.46 bits per heavy atom. The predicted molar refractivity (Wildman–Crippen MR) is 98.2 cm³/mol. The fourth-order valence-electron chi connectivity index (χ4n) is 2.40. The molecule has 0 saturated heterocycles. The maximum atomic E-state index is 12.3. The molecule has 1 amide bonds. The molecule has 0 fully saturated rings. The third-order valence-electron chi connectivity index (χ3n) is 3.54. The van der Waals surface area contributed by atoms with E-state index in [1.165, 1.54) is 6.08 Å². The van der Waals surface area contributed by atoms with Crippen molar-refractivity contribution in [3.63, 3.8) is 0 Å². The molecule has 0 radical (unpaired) electrons. The van der Waals surface area contributed by atoms with Crippen molar-refractivity contribution in [2.24, 2.45) is 0 Å². The highest BCUT2D eigenvalue weighted by Gasteiger charge is 2.18. The average molecular weight is 343 g/mol. The maximum absolute atomic E-state index is 12.3. The first-order valence-corrected chi connectivity index (χ1v) is 8.60. The van der Waals surface area contributed by atoms with Crippen LogP contribution < -0.4 is 5.32 Å². The van der Waals surface area contributed by atoms with Crippen LogP contribution in [0, 0.1) is 20.8 Å². The molecule has 4 nitrogen and oxygen atoms in total. The Balaban J connectivity index is 1.96. The number of carbonyl (C=O) groups excluding carboxylic acids is 2. The lowest BCUT2D eigenvalue weighted by Gasteiger charge is -2.16.